The molecule has 0 spiro atoms. The normalized spacial score (nSPS) is 10.8. The van der Waals surface area contributed by atoms with Gasteiger partial charge in [0.15, 0.2) is 0 Å². The minimum atomic E-state index is 0.707. The Balaban J connectivity index is 1.97. The molecule has 0 aliphatic rings. The zero-order valence-corrected chi connectivity index (χ0v) is 9.19. The van der Waals surface area contributed by atoms with E-state index < -0.39 is 0 Å². The molecule has 0 aliphatic heterocycles. The summed E-state index contributed by atoms with van der Waals surface area (Å²) in [4.78, 5) is 0. The summed E-state index contributed by atoms with van der Waals surface area (Å²) >= 11 is 0. The SMILES string of the molecule is COCCNCc1cn[nH]c1-c1ccoc1. The predicted octanol–water partition coefficient (Wildman–Crippen LogP) is 1.41. The van der Waals surface area contributed by atoms with E-state index in [-0.39, 0.29) is 0 Å². The van der Waals surface area contributed by atoms with Crippen molar-refractivity contribution in [2.45, 2.75) is 6.54 Å². The average Bonchev–Trinajstić information content (AvgIpc) is 2.94. The van der Waals surface area contributed by atoms with Crippen LogP contribution in [0.1, 0.15) is 5.56 Å². The zero-order valence-electron chi connectivity index (χ0n) is 9.19. The van der Waals surface area contributed by atoms with Crippen molar-refractivity contribution >= 4 is 0 Å². The van der Waals surface area contributed by atoms with Gasteiger partial charge in [0.25, 0.3) is 0 Å². The van der Waals surface area contributed by atoms with Crippen LogP contribution < -0.4 is 5.32 Å². The fourth-order valence-corrected chi connectivity index (χ4v) is 1.50. The second-order valence-electron chi connectivity index (χ2n) is 3.45. The van der Waals surface area contributed by atoms with Gasteiger partial charge in [0, 0.05) is 31.3 Å². The number of H-pyrrole nitrogens is 1. The smallest absolute Gasteiger partial charge is 0.0996 e. The molecule has 0 saturated carbocycles. The fraction of sp³-hybridized carbons (Fsp3) is 0.364. The Morgan fingerprint density at radius 1 is 1.56 bits per heavy atom. The van der Waals surface area contributed by atoms with Gasteiger partial charge in [0.2, 0.25) is 0 Å². The number of nitrogens with one attached hydrogen (secondary N) is 2. The van der Waals surface area contributed by atoms with Crippen LogP contribution in [0, 0.1) is 0 Å². The standard InChI is InChI=1S/C11H15N3O2/c1-15-5-3-12-6-10-7-13-14-11(10)9-2-4-16-8-9/h2,4,7-8,12H,3,5-6H2,1H3,(H,13,14). The van der Waals surface area contributed by atoms with Gasteiger partial charge in [-0.15, -0.1) is 0 Å². The van der Waals surface area contributed by atoms with Crippen molar-refractivity contribution in [2.24, 2.45) is 0 Å². The average molecular weight is 221 g/mol. The van der Waals surface area contributed by atoms with Gasteiger partial charge in [-0.1, -0.05) is 0 Å². The van der Waals surface area contributed by atoms with Crippen LogP contribution in [0.4, 0.5) is 0 Å². The van der Waals surface area contributed by atoms with Crippen LogP contribution in [0.5, 0.6) is 0 Å². The van der Waals surface area contributed by atoms with Gasteiger partial charge in [-0.05, 0) is 6.07 Å². The van der Waals surface area contributed by atoms with E-state index in [2.05, 4.69) is 15.5 Å². The lowest BCUT2D eigenvalue weighted by atomic mass is 10.1. The summed E-state index contributed by atoms with van der Waals surface area (Å²) in [5.41, 5.74) is 3.14. The molecule has 0 bridgehead atoms. The van der Waals surface area contributed by atoms with Crippen molar-refractivity contribution in [3.63, 3.8) is 0 Å². The number of rotatable bonds is 6. The van der Waals surface area contributed by atoms with E-state index in [1.165, 1.54) is 0 Å². The van der Waals surface area contributed by atoms with Gasteiger partial charge < -0.3 is 14.5 Å². The maximum Gasteiger partial charge on any atom is 0.0996 e. The minimum Gasteiger partial charge on any atom is -0.472 e. The molecule has 5 heteroatoms. The van der Waals surface area contributed by atoms with E-state index in [4.69, 9.17) is 9.15 Å². The van der Waals surface area contributed by atoms with Crippen LogP contribution >= 0.6 is 0 Å². The zero-order chi connectivity index (χ0) is 11.2. The highest BCUT2D eigenvalue weighted by Crippen LogP contribution is 2.20. The molecule has 0 aliphatic carbocycles. The third-order valence-electron chi connectivity index (χ3n) is 2.33. The van der Waals surface area contributed by atoms with Crippen LogP contribution in [0.15, 0.2) is 29.2 Å². The van der Waals surface area contributed by atoms with Crippen LogP contribution in [-0.4, -0.2) is 30.5 Å². The molecule has 16 heavy (non-hydrogen) atoms. The molecular weight excluding hydrogens is 206 g/mol. The number of nitrogens with zero attached hydrogens (tertiary/aromatic N) is 1. The number of methoxy groups -OCH3 is 1. The fourth-order valence-electron chi connectivity index (χ4n) is 1.50. The molecule has 2 aromatic rings. The minimum absolute atomic E-state index is 0.707. The highest BCUT2D eigenvalue weighted by atomic mass is 16.5. The van der Waals surface area contributed by atoms with E-state index in [0.717, 1.165) is 29.9 Å². The first-order valence-corrected chi connectivity index (χ1v) is 5.16. The van der Waals surface area contributed by atoms with Crippen LogP contribution in [-0.2, 0) is 11.3 Å². The number of hydrogen-bond acceptors (Lipinski definition) is 4. The lowest BCUT2D eigenvalue weighted by Crippen LogP contribution is -2.18. The maximum absolute atomic E-state index is 5.05. The van der Waals surface area contributed by atoms with Crippen molar-refractivity contribution < 1.29 is 9.15 Å². The number of hydrogen-bond donors (Lipinski definition) is 2. The van der Waals surface area contributed by atoms with Crippen molar-refractivity contribution in [3.8, 4) is 11.3 Å². The summed E-state index contributed by atoms with van der Waals surface area (Å²) < 4.78 is 10.0. The molecule has 0 radical (unpaired) electrons. The summed E-state index contributed by atoms with van der Waals surface area (Å²) in [6, 6.07) is 1.91. The van der Waals surface area contributed by atoms with Gasteiger partial charge in [-0.25, -0.2) is 0 Å². The van der Waals surface area contributed by atoms with Crippen molar-refractivity contribution in [1.29, 1.82) is 0 Å². The molecule has 5 nitrogen and oxygen atoms in total. The first-order chi connectivity index (χ1) is 7.92. The highest BCUT2D eigenvalue weighted by Gasteiger charge is 2.07. The number of furan rings is 1. The first kappa shape index (κ1) is 10.9. The van der Waals surface area contributed by atoms with Crippen LogP contribution in [0.3, 0.4) is 0 Å². The molecule has 2 aromatic heterocycles. The number of ether oxygens (including phenoxy) is 1. The van der Waals surface area contributed by atoms with Crippen LogP contribution in [0.2, 0.25) is 0 Å². The van der Waals surface area contributed by atoms with Crippen molar-refractivity contribution in [2.75, 3.05) is 20.3 Å². The van der Waals surface area contributed by atoms with E-state index in [9.17, 15) is 0 Å². The molecule has 0 aromatic carbocycles. The summed E-state index contributed by atoms with van der Waals surface area (Å²) in [6.45, 7) is 2.30. The van der Waals surface area contributed by atoms with E-state index in [1.54, 1.807) is 19.6 Å². The maximum atomic E-state index is 5.05. The van der Waals surface area contributed by atoms with E-state index in [1.807, 2.05) is 12.3 Å². The predicted molar refractivity (Wildman–Crippen MR) is 59.9 cm³/mol. The second-order valence-corrected chi connectivity index (χ2v) is 3.45. The molecule has 0 unspecified atom stereocenters. The molecule has 0 fully saturated rings. The topological polar surface area (TPSA) is 63.1 Å². The first-order valence-electron chi connectivity index (χ1n) is 5.16. The van der Waals surface area contributed by atoms with E-state index in [0.29, 0.717) is 6.61 Å². The van der Waals surface area contributed by atoms with Gasteiger partial charge in [-0.3, -0.25) is 5.10 Å². The number of aromatic amines is 1. The Morgan fingerprint density at radius 2 is 2.50 bits per heavy atom. The van der Waals surface area contributed by atoms with Crippen molar-refractivity contribution in [1.82, 2.24) is 15.5 Å². The van der Waals surface area contributed by atoms with Crippen molar-refractivity contribution in [3.05, 3.63) is 30.4 Å². The van der Waals surface area contributed by atoms with E-state index >= 15 is 0 Å². The summed E-state index contributed by atoms with van der Waals surface area (Å²) in [6.07, 6.45) is 5.17. The lowest BCUT2D eigenvalue weighted by Gasteiger charge is -2.03. The summed E-state index contributed by atoms with van der Waals surface area (Å²) in [5, 5.41) is 10.3. The Labute approximate surface area is 93.8 Å². The molecule has 2 rings (SSSR count). The van der Waals surface area contributed by atoms with Gasteiger partial charge in [-0.2, -0.15) is 5.10 Å². The van der Waals surface area contributed by atoms with Gasteiger partial charge >= 0.3 is 0 Å². The Kier molecular flexibility index (Phi) is 3.74. The summed E-state index contributed by atoms with van der Waals surface area (Å²) in [7, 11) is 1.69. The monoisotopic (exact) mass is 221 g/mol. The lowest BCUT2D eigenvalue weighted by molar-refractivity contribution is 0.199. The molecule has 2 heterocycles. The third-order valence-corrected chi connectivity index (χ3v) is 2.33. The largest absolute Gasteiger partial charge is 0.472 e. The Morgan fingerprint density at radius 3 is 3.25 bits per heavy atom. The Bertz CT molecular complexity index is 409. The quantitative estimate of drug-likeness (QED) is 0.724. The molecule has 0 saturated heterocycles. The molecule has 0 atom stereocenters. The molecule has 2 N–H and O–H groups in total. The second kappa shape index (κ2) is 5.48. The molecular formula is C11H15N3O2. The van der Waals surface area contributed by atoms with Crippen LogP contribution in [0.25, 0.3) is 11.3 Å². The van der Waals surface area contributed by atoms with Gasteiger partial charge in [0.1, 0.15) is 0 Å². The number of aromatic nitrogens is 2. The summed E-state index contributed by atoms with van der Waals surface area (Å²) in [5.74, 6) is 0. The van der Waals surface area contributed by atoms with Gasteiger partial charge in [0.05, 0.1) is 31.0 Å². The Hall–Kier alpha value is -1.59. The third kappa shape index (κ3) is 2.50. The molecule has 0 amide bonds. The highest BCUT2D eigenvalue weighted by molar-refractivity contribution is 5.60. The molecule has 86 valence electrons.